The Hall–Kier alpha value is -1.66. The van der Waals surface area contributed by atoms with Crippen molar-refractivity contribution in [1.29, 1.82) is 0 Å². The van der Waals surface area contributed by atoms with Gasteiger partial charge in [0.2, 0.25) is 5.96 Å². The molecule has 0 spiro atoms. The number of rotatable bonds is 6. The molecule has 0 amide bonds. The van der Waals surface area contributed by atoms with Crippen LogP contribution in [0, 0.1) is 0 Å². The Morgan fingerprint density at radius 3 is 2.95 bits per heavy atom. The molecule has 0 bridgehead atoms. The molecule has 3 N–H and O–H groups in total. The number of aliphatic imine (C=N–C) groups is 1. The van der Waals surface area contributed by atoms with E-state index in [1.165, 1.54) is 0 Å². The van der Waals surface area contributed by atoms with E-state index in [0.29, 0.717) is 12.6 Å². The van der Waals surface area contributed by atoms with Crippen LogP contribution in [0.15, 0.2) is 29.4 Å². The van der Waals surface area contributed by atoms with Crippen LogP contribution in [-0.4, -0.2) is 49.2 Å². The van der Waals surface area contributed by atoms with Gasteiger partial charge in [-0.15, -0.1) is 0 Å². The first kappa shape index (κ1) is 15.4. The quantitative estimate of drug-likeness (QED) is 0.337. The van der Waals surface area contributed by atoms with Crippen molar-refractivity contribution < 1.29 is 4.74 Å². The van der Waals surface area contributed by atoms with E-state index in [-0.39, 0.29) is 6.04 Å². The van der Waals surface area contributed by atoms with Gasteiger partial charge in [-0.05, 0) is 19.1 Å². The Bertz CT molecular complexity index is 382. The van der Waals surface area contributed by atoms with Gasteiger partial charge in [-0.3, -0.25) is 10.4 Å². The number of guanidine groups is 1. The predicted molar refractivity (Wildman–Crippen MR) is 76.7 cm³/mol. The fourth-order valence-electron chi connectivity index (χ4n) is 1.67. The molecule has 1 rings (SSSR count). The first-order chi connectivity index (χ1) is 9.17. The molecule has 0 aliphatic rings. The van der Waals surface area contributed by atoms with Crippen molar-refractivity contribution in [3.8, 4) is 0 Å². The second-order valence-corrected chi connectivity index (χ2v) is 4.39. The highest BCUT2D eigenvalue weighted by atomic mass is 16.5. The van der Waals surface area contributed by atoms with Gasteiger partial charge < -0.3 is 9.64 Å². The van der Waals surface area contributed by atoms with E-state index in [2.05, 4.69) is 15.4 Å². The molecule has 1 atom stereocenters. The van der Waals surface area contributed by atoms with Gasteiger partial charge in [0.25, 0.3) is 0 Å². The average molecular weight is 265 g/mol. The molecule has 1 aromatic heterocycles. The minimum Gasteiger partial charge on any atom is -0.382 e. The molecule has 6 heteroatoms. The van der Waals surface area contributed by atoms with Crippen LogP contribution in [0.5, 0.6) is 0 Å². The molecule has 0 aliphatic heterocycles. The molecule has 0 fully saturated rings. The van der Waals surface area contributed by atoms with Gasteiger partial charge in [0.1, 0.15) is 0 Å². The van der Waals surface area contributed by atoms with Crippen molar-refractivity contribution in [2.45, 2.75) is 19.4 Å². The zero-order valence-electron chi connectivity index (χ0n) is 11.8. The maximum atomic E-state index is 5.51. The van der Waals surface area contributed by atoms with Gasteiger partial charge in [-0.2, -0.15) is 0 Å². The molecule has 6 nitrogen and oxygen atoms in total. The molecule has 1 aromatic rings. The number of ether oxygens (including phenoxy) is 1. The summed E-state index contributed by atoms with van der Waals surface area (Å²) in [6, 6.07) is 5.97. The molecule has 106 valence electrons. The molecule has 0 radical (unpaired) electrons. The van der Waals surface area contributed by atoms with Crippen LogP contribution in [0.1, 0.15) is 12.6 Å². The molecule has 1 heterocycles. The second kappa shape index (κ2) is 8.44. The van der Waals surface area contributed by atoms with Crippen LogP contribution in [0.25, 0.3) is 0 Å². The summed E-state index contributed by atoms with van der Waals surface area (Å²) in [4.78, 5) is 10.7. The molecule has 0 saturated carbocycles. The standard InChI is InChI=1S/C13H23N5O/c1-11(10-19-3)16-13(17-14)18(2)9-7-12-6-4-5-8-15-12/h4-6,8,11H,7,9-10,14H2,1-3H3,(H,16,17). The first-order valence-electron chi connectivity index (χ1n) is 6.31. The summed E-state index contributed by atoms with van der Waals surface area (Å²) in [5.74, 6) is 6.16. The Kier molecular flexibility index (Phi) is 6.84. The van der Waals surface area contributed by atoms with E-state index in [9.17, 15) is 0 Å². The van der Waals surface area contributed by atoms with Gasteiger partial charge in [0, 0.05) is 39.0 Å². The zero-order chi connectivity index (χ0) is 14.1. The summed E-state index contributed by atoms with van der Waals surface area (Å²) in [5, 5.41) is 0. The Labute approximate surface area is 114 Å². The normalized spacial score (nSPS) is 13.2. The number of aromatic nitrogens is 1. The number of nitrogens with zero attached hydrogens (tertiary/aromatic N) is 3. The van der Waals surface area contributed by atoms with Crippen LogP contribution in [0.4, 0.5) is 0 Å². The van der Waals surface area contributed by atoms with Crippen molar-refractivity contribution in [1.82, 2.24) is 15.3 Å². The highest BCUT2D eigenvalue weighted by Gasteiger charge is 2.08. The smallest absolute Gasteiger partial charge is 0.208 e. The third kappa shape index (κ3) is 5.67. The predicted octanol–water partition coefficient (Wildman–Crippen LogP) is 0.410. The van der Waals surface area contributed by atoms with Crippen molar-refractivity contribution in [2.75, 3.05) is 27.3 Å². The molecular formula is C13H23N5O. The molecule has 19 heavy (non-hydrogen) atoms. The van der Waals surface area contributed by atoms with Gasteiger partial charge in [-0.1, -0.05) is 6.07 Å². The largest absolute Gasteiger partial charge is 0.382 e. The van der Waals surface area contributed by atoms with Crippen LogP contribution in [0.3, 0.4) is 0 Å². The highest BCUT2D eigenvalue weighted by Crippen LogP contribution is 1.98. The fourth-order valence-corrected chi connectivity index (χ4v) is 1.67. The molecular weight excluding hydrogens is 242 g/mol. The van der Waals surface area contributed by atoms with Crippen molar-refractivity contribution in [3.05, 3.63) is 30.1 Å². The lowest BCUT2D eigenvalue weighted by atomic mass is 10.2. The van der Waals surface area contributed by atoms with Crippen molar-refractivity contribution in [2.24, 2.45) is 10.8 Å². The summed E-state index contributed by atoms with van der Waals surface area (Å²) >= 11 is 0. The number of nitrogens with one attached hydrogen (secondary N) is 1. The Morgan fingerprint density at radius 1 is 1.58 bits per heavy atom. The molecule has 0 saturated heterocycles. The fraction of sp³-hybridized carbons (Fsp3) is 0.538. The lowest BCUT2D eigenvalue weighted by molar-refractivity contribution is 0.185. The number of hydrogen-bond acceptors (Lipinski definition) is 4. The number of pyridine rings is 1. The topological polar surface area (TPSA) is 75.8 Å². The van der Waals surface area contributed by atoms with Crippen LogP contribution in [0.2, 0.25) is 0 Å². The van der Waals surface area contributed by atoms with Crippen LogP contribution < -0.4 is 11.3 Å². The van der Waals surface area contributed by atoms with E-state index >= 15 is 0 Å². The number of methoxy groups -OCH3 is 1. The summed E-state index contributed by atoms with van der Waals surface area (Å²) in [7, 11) is 3.60. The Balaban J connectivity index is 2.52. The maximum Gasteiger partial charge on any atom is 0.208 e. The minimum atomic E-state index is 0.0633. The van der Waals surface area contributed by atoms with E-state index in [4.69, 9.17) is 10.6 Å². The number of hydrazine groups is 1. The average Bonchev–Trinajstić information content (AvgIpc) is 2.43. The first-order valence-corrected chi connectivity index (χ1v) is 6.31. The van der Waals surface area contributed by atoms with Gasteiger partial charge in [0.15, 0.2) is 0 Å². The van der Waals surface area contributed by atoms with E-state index in [1.54, 1.807) is 13.3 Å². The highest BCUT2D eigenvalue weighted by molar-refractivity contribution is 5.79. The third-order valence-electron chi connectivity index (χ3n) is 2.67. The van der Waals surface area contributed by atoms with E-state index in [0.717, 1.165) is 18.7 Å². The number of nitrogens with two attached hydrogens (primary N) is 1. The molecule has 1 unspecified atom stereocenters. The summed E-state index contributed by atoms with van der Waals surface area (Å²) in [6.45, 7) is 3.34. The Morgan fingerprint density at radius 2 is 2.37 bits per heavy atom. The maximum absolute atomic E-state index is 5.51. The number of hydrogen-bond donors (Lipinski definition) is 2. The third-order valence-corrected chi connectivity index (χ3v) is 2.67. The van der Waals surface area contributed by atoms with Crippen molar-refractivity contribution >= 4 is 5.96 Å². The SMILES string of the molecule is COCC(C)N=C(NN)N(C)CCc1ccccn1. The van der Waals surface area contributed by atoms with E-state index < -0.39 is 0 Å². The minimum absolute atomic E-state index is 0.0633. The van der Waals surface area contributed by atoms with Gasteiger partial charge in [-0.25, -0.2) is 10.8 Å². The van der Waals surface area contributed by atoms with Crippen molar-refractivity contribution in [3.63, 3.8) is 0 Å². The summed E-state index contributed by atoms with van der Waals surface area (Å²) in [6.07, 6.45) is 2.64. The summed E-state index contributed by atoms with van der Waals surface area (Å²) < 4.78 is 5.05. The lowest BCUT2D eigenvalue weighted by Crippen LogP contribution is -2.44. The summed E-state index contributed by atoms with van der Waals surface area (Å²) in [5.41, 5.74) is 3.68. The molecule has 0 aromatic carbocycles. The van der Waals surface area contributed by atoms with Gasteiger partial charge in [0.05, 0.1) is 12.6 Å². The number of likely N-dealkylation sites (N-methyl/N-ethyl adjacent to an activating group) is 1. The van der Waals surface area contributed by atoms with Gasteiger partial charge >= 0.3 is 0 Å². The zero-order valence-corrected chi connectivity index (χ0v) is 11.8. The van der Waals surface area contributed by atoms with Crippen LogP contribution in [-0.2, 0) is 11.2 Å². The van der Waals surface area contributed by atoms with Crippen LogP contribution >= 0.6 is 0 Å². The monoisotopic (exact) mass is 265 g/mol. The van der Waals surface area contributed by atoms with E-state index in [1.807, 2.05) is 37.1 Å². The lowest BCUT2D eigenvalue weighted by Gasteiger charge is -2.21. The molecule has 0 aliphatic carbocycles. The second-order valence-electron chi connectivity index (χ2n) is 4.39.